The van der Waals surface area contributed by atoms with E-state index in [4.69, 9.17) is 0 Å². The lowest BCUT2D eigenvalue weighted by molar-refractivity contribution is -0.130. The van der Waals surface area contributed by atoms with E-state index in [0.29, 0.717) is 41.8 Å². The first kappa shape index (κ1) is 15.6. The maximum absolute atomic E-state index is 12.1. The van der Waals surface area contributed by atoms with Gasteiger partial charge < -0.3 is 14.9 Å². The number of aliphatic imine (C=N–C) groups is 1. The molecule has 2 heterocycles. The lowest BCUT2D eigenvalue weighted by Crippen LogP contribution is -2.49. The molecule has 1 aromatic rings. The number of phenols is 1. The van der Waals surface area contributed by atoms with Crippen molar-refractivity contribution in [3.63, 3.8) is 0 Å². The zero-order chi connectivity index (χ0) is 16.4. The van der Waals surface area contributed by atoms with Gasteiger partial charge in [-0.05, 0) is 23.9 Å². The smallest absolute Gasteiger partial charge is 0.286 e. The summed E-state index contributed by atoms with van der Waals surface area (Å²) in [6.07, 6.45) is 1.66. The van der Waals surface area contributed by atoms with Gasteiger partial charge in [0.25, 0.3) is 5.91 Å². The van der Waals surface area contributed by atoms with Crippen molar-refractivity contribution < 1.29 is 14.7 Å². The molecule has 0 saturated carbocycles. The van der Waals surface area contributed by atoms with E-state index in [-0.39, 0.29) is 17.6 Å². The van der Waals surface area contributed by atoms with E-state index in [0.717, 1.165) is 0 Å². The van der Waals surface area contributed by atoms with Gasteiger partial charge in [0, 0.05) is 38.7 Å². The fourth-order valence-corrected chi connectivity index (χ4v) is 3.45. The second kappa shape index (κ2) is 6.45. The number of hydrogen-bond acceptors (Lipinski definition) is 5. The molecule has 1 fully saturated rings. The number of phenolic OH excluding ortho intramolecular Hbond substituents is 1. The van der Waals surface area contributed by atoms with Gasteiger partial charge in [-0.1, -0.05) is 18.2 Å². The average Bonchev–Trinajstić information content (AvgIpc) is 2.91. The molecular weight excluding hydrogens is 314 g/mol. The van der Waals surface area contributed by atoms with E-state index in [2.05, 4.69) is 4.99 Å². The van der Waals surface area contributed by atoms with Crippen molar-refractivity contribution in [3.8, 4) is 5.75 Å². The molecule has 0 bridgehead atoms. The molecule has 2 aliphatic rings. The molecule has 120 valence electrons. The average molecular weight is 331 g/mol. The van der Waals surface area contributed by atoms with Crippen LogP contribution in [-0.2, 0) is 9.59 Å². The molecule has 0 spiro atoms. The van der Waals surface area contributed by atoms with Crippen LogP contribution in [0.25, 0.3) is 6.08 Å². The monoisotopic (exact) mass is 331 g/mol. The predicted molar refractivity (Wildman–Crippen MR) is 89.9 cm³/mol. The van der Waals surface area contributed by atoms with Crippen LogP contribution in [0.4, 0.5) is 0 Å². The predicted octanol–water partition coefficient (Wildman–Crippen LogP) is 1.53. The molecule has 7 heteroatoms. The maximum Gasteiger partial charge on any atom is 0.286 e. The summed E-state index contributed by atoms with van der Waals surface area (Å²) in [6.45, 7) is 4.18. The molecule has 3 rings (SSSR count). The number of benzene rings is 1. The molecule has 0 unspecified atom stereocenters. The Labute approximate surface area is 138 Å². The lowest BCUT2D eigenvalue weighted by Gasteiger charge is -2.34. The summed E-state index contributed by atoms with van der Waals surface area (Å²) >= 11 is 1.31. The van der Waals surface area contributed by atoms with Crippen molar-refractivity contribution in [1.82, 2.24) is 9.80 Å². The van der Waals surface area contributed by atoms with Crippen LogP contribution in [0.2, 0.25) is 0 Å². The van der Waals surface area contributed by atoms with Crippen LogP contribution in [-0.4, -0.2) is 58.1 Å². The van der Waals surface area contributed by atoms with Crippen LogP contribution in [0.1, 0.15) is 12.5 Å². The standard InChI is InChI=1S/C16H17N3O3S/c1-11(20)18-6-8-19(9-7-18)16-17-15(22)14(23-16)10-12-4-2-3-5-13(12)21/h2-5,10,21H,6-9H2,1H3/b14-10+. The van der Waals surface area contributed by atoms with E-state index in [9.17, 15) is 14.7 Å². The van der Waals surface area contributed by atoms with Crippen molar-refractivity contribution in [2.45, 2.75) is 6.92 Å². The minimum atomic E-state index is -0.290. The summed E-state index contributed by atoms with van der Waals surface area (Å²) in [7, 11) is 0. The van der Waals surface area contributed by atoms with Crippen molar-refractivity contribution in [2.75, 3.05) is 26.2 Å². The number of carbonyl (C=O) groups excluding carboxylic acids is 2. The molecule has 1 N–H and O–H groups in total. The Bertz CT molecular complexity index is 706. The van der Waals surface area contributed by atoms with Gasteiger partial charge in [-0.3, -0.25) is 9.59 Å². The third kappa shape index (κ3) is 3.39. The number of aromatic hydroxyl groups is 1. The first-order valence-electron chi connectivity index (χ1n) is 7.35. The summed E-state index contributed by atoms with van der Waals surface area (Å²) in [5.41, 5.74) is 0.598. The van der Waals surface area contributed by atoms with Gasteiger partial charge in [0.2, 0.25) is 5.91 Å². The Morgan fingerprint density at radius 3 is 2.61 bits per heavy atom. The second-order valence-electron chi connectivity index (χ2n) is 5.36. The quantitative estimate of drug-likeness (QED) is 0.790. The number of hydrogen-bond donors (Lipinski definition) is 1. The minimum absolute atomic E-state index is 0.0712. The van der Waals surface area contributed by atoms with Gasteiger partial charge in [0.05, 0.1) is 4.91 Å². The highest BCUT2D eigenvalue weighted by atomic mass is 32.2. The third-order valence-electron chi connectivity index (χ3n) is 3.83. The minimum Gasteiger partial charge on any atom is -0.507 e. The van der Waals surface area contributed by atoms with Gasteiger partial charge in [-0.2, -0.15) is 4.99 Å². The third-order valence-corrected chi connectivity index (χ3v) is 4.87. The van der Waals surface area contributed by atoms with E-state index in [1.807, 2.05) is 4.90 Å². The Morgan fingerprint density at radius 1 is 1.26 bits per heavy atom. The SMILES string of the molecule is CC(=O)N1CCN(C2=NC(=O)/C(=C\c3ccccc3O)S2)CC1. The number of piperazine rings is 1. The van der Waals surface area contributed by atoms with Crippen LogP contribution < -0.4 is 0 Å². The summed E-state index contributed by atoms with van der Waals surface area (Å²) in [6, 6.07) is 6.87. The zero-order valence-corrected chi connectivity index (χ0v) is 13.5. The highest BCUT2D eigenvalue weighted by Gasteiger charge is 2.29. The van der Waals surface area contributed by atoms with E-state index >= 15 is 0 Å². The number of rotatable bonds is 1. The maximum atomic E-state index is 12.1. The Balaban J connectivity index is 1.69. The van der Waals surface area contributed by atoms with Crippen molar-refractivity contribution >= 4 is 34.8 Å². The van der Waals surface area contributed by atoms with Gasteiger partial charge in [-0.15, -0.1) is 0 Å². The summed E-state index contributed by atoms with van der Waals surface area (Å²) in [5.74, 6) is -0.0824. The molecule has 2 aliphatic heterocycles. The second-order valence-corrected chi connectivity index (χ2v) is 6.37. The lowest BCUT2D eigenvalue weighted by atomic mass is 10.2. The van der Waals surface area contributed by atoms with Crippen LogP contribution in [0, 0.1) is 0 Å². The number of para-hydroxylation sites is 1. The van der Waals surface area contributed by atoms with Crippen LogP contribution in [0.3, 0.4) is 0 Å². The van der Waals surface area contributed by atoms with Crippen LogP contribution >= 0.6 is 11.8 Å². The molecule has 6 nitrogen and oxygen atoms in total. The number of carbonyl (C=O) groups is 2. The molecule has 0 radical (unpaired) electrons. The topological polar surface area (TPSA) is 73.2 Å². The molecule has 1 aromatic carbocycles. The number of amides is 2. The fraction of sp³-hybridized carbons (Fsp3) is 0.312. The van der Waals surface area contributed by atoms with E-state index in [1.54, 1.807) is 42.2 Å². The molecular formula is C16H17N3O3S. The molecule has 1 saturated heterocycles. The van der Waals surface area contributed by atoms with Crippen LogP contribution in [0.5, 0.6) is 5.75 Å². The molecule has 23 heavy (non-hydrogen) atoms. The number of amidine groups is 1. The van der Waals surface area contributed by atoms with Gasteiger partial charge >= 0.3 is 0 Å². The fourth-order valence-electron chi connectivity index (χ4n) is 2.50. The summed E-state index contributed by atoms with van der Waals surface area (Å²) in [5, 5.41) is 10.5. The van der Waals surface area contributed by atoms with Gasteiger partial charge in [0.1, 0.15) is 5.75 Å². The first-order valence-corrected chi connectivity index (χ1v) is 8.17. The van der Waals surface area contributed by atoms with Crippen molar-refractivity contribution in [2.24, 2.45) is 4.99 Å². The molecule has 0 aromatic heterocycles. The Hall–Kier alpha value is -2.28. The Kier molecular flexibility index (Phi) is 4.38. The Morgan fingerprint density at radius 2 is 1.96 bits per heavy atom. The van der Waals surface area contributed by atoms with Crippen LogP contribution in [0.15, 0.2) is 34.2 Å². The van der Waals surface area contributed by atoms with Gasteiger partial charge in [-0.25, -0.2) is 0 Å². The number of thioether (sulfide) groups is 1. The largest absolute Gasteiger partial charge is 0.507 e. The summed E-state index contributed by atoms with van der Waals surface area (Å²) < 4.78 is 0. The van der Waals surface area contributed by atoms with Crippen molar-refractivity contribution in [3.05, 3.63) is 34.7 Å². The summed E-state index contributed by atoms with van der Waals surface area (Å²) in [4.78, 5) is 31.8. The highest BCUT2D eigenvalue weighted by Crippen LogP contribution is 2.32. The molecule has 2 amide bonds. The highest BCUT2D eigenvalue weighted by molar-refractivity contribution is 8.18. The molecule has 0 aliphatic carbocycles. The molecule has 0 atom stereocenters. The van der Waals surface area contributed by atoms with E-state index in [1.165, 1.54) is 11.8 Å². The first-order chi connectivity index (χ1) is 11.0. The van der Waals surface area contributed by atoms with E-state index < -0.39 is 0 Å². The van der Waals surface area contributed by atoms with Crippen molar-refractivity contribution in [1.29, 1.82) is 0 Å². The normalized spacial score (nSPS) is 20.1. The number of nitrogens with zero attached hydrogens (tertiary/aromatic N) is 3. The zero-order valence-electron chi connectivity index (χ0n) is 12.7. The van der Waals surface area contributed by atoms with Gasteiger partial charge in [0.15, 0.2) is 5.17 Å².